The summed E-state index contributed by atoms with van der Waals surface area (Å²) in [6.07, 6.45) is 5.03. The van der Waals surface area contributed by atoms with Crippen LogP contribution in [0.1, 0.15) is 31.4 Å². The first-order valence-corrected chi connectivity index (χ1v) is 8.93. The highest BCUT2D eigenvalue weighted by Gasteiger charge is 2.47. The highest BCUT2D eigenvalue weighted by Crippen LogP contribution is 2.50. The monoisotopic (exact) mass is 357 g/mol. The van der Waals surface area contributed by atoms with E-state index in [-0.39, 0.29) is 11.5 Å². The van der Waals surface area contributed by atoms with E-state index < -0.39 is 6.09 Å². The molecule has 1 saturated heterocycles. The summed E-state index contributed by atoms with van der Waals surface area (Å²) in [6.45, 7) is 3.20. The van der Waals surface area contributed by atoms with Crippen molar-refractivity contribution in [1.29, 1.82) is 0 Å². The van der Waals surface area contributed by atoms with Gasteiger partial charge in [-0.2, -0.15) is 5.10 Å². The molecular weight excluding hydrogens is 334 g/mol. The normalized spacial score (nSPS) is 19.4. The van der Waals surface area contributed by atoms with Crippen LogP contribution in [-0.4, -0.2) is 55.3 Å². The van der Waals surface area contributed by atoms with Crippen molar-refractivity contribution >= 4 is 6.09 Å². The summed E-state index contributed by atoms with van der Waals surface area (Å²) in [4.78, 5) is 12.5. The van der Waals surface area contributed by atoms with Gasteiger partial charge in [0.2, 0.25) is 5.88 Å². The minimum absolute atomic E-state index is 0.145. The van der Waals surface area contributed by atoms with Crippen LogP contribution in [-0.2, 0) is 7.05 Å². The number of ether oxygens (including phenoxy) is 1. The zero-order valence-electron chi connectivity index (χ0n) is 15.1. The largest absolute Gasteiger partial charge is 0.473 e. The molecule has 0 bridgehead atoms. The van der Waals surface area contributed by atoms with Crippen molar-refractivity contribution in [3.63, 3.8) is 0 Å². The van der Waals surface area contributed by atoms with Crippen LogP contribution in [0.4, 0.5) is 4.79 Å². The zero-order chi connectivity index (χ0) is 18.3. The summed E-state index contributed by atoms with van der Waals surface area (Å²) in [7, 11) is 1.88. The number of rotatable bonds is 3. The molecule has 2 fully saturated rings. The van der Waals surface area contributed by atoms with Crippen molar-refractivity contribution in [2.45, 2.75) is 38.7 Å². The number of aryl methyl sites for hydroxylation is 2. The van der Waals surface area contributed by atoms with Gasteiger partial charge in [0.1, 0.15) is 6.10 Å². The standard InChI is InChI=1S/C18H23N5O3/c1-12-14(11-22(2)21-12)15-3-4-16(20-19-15)26-13-9-18(10-13)5-7-23(8-6-18)17(24)25/h3-4,11,13H,5-10H2,1-2H3,(H,24,25). The molecule has 0 atom stereocenters. The topological polar surface area (TPSA) is 93.4 Å². The minimum atomic E-state index is -0.814. The van der Waals surface area contributed by atoms with Crippen molar-refractivity contribution in [2.24, 2.45) is 12.5 Å². The quantitative estimate of drug-likeness (QED) is 0.907. The van der Waals surface area contributed by atoms with Gasteiger partial charge in [-0.1, -0.05) is 0 Å². The Morgan fingerprint density at radius 2 is 2.00 bits per heavy atom. The SMILES string of the molecule is Cc1nn(C)cc1-c1ccc(OC2CC3(CCN(C(=O)O)CC3)C2)nn1. The first-order valence-electron chi connectivity index (χ1n) is 8.93. The average molecular weight is 357 g/mol. The number of hydrogen-bond acceptors (Lipinski definition) is 5. The Hall–Kier alpha value is -2.64. The second kappa shape index (κ2) is 6.26. The van der Waals surface area contributed by atoms with Gasteiger partial charge in [0.05, 0.1) is 11.4 Å². The van der Waals surface area contributed by atoms with Crippen molar-refractivity contribution in [3.05, 3.63) is 24.0 Å². The van der Waals surface area contributed by atoms with Crippen LogP contribution >= 0.6 is 0 Å². The van der Waals surface area contributed by atoms with Crippen LogP contribution in [0.15, 0.2) is 18.3 Å². The van der Waals surface area contributed by atoms with Crippen molar-refractivity contribution in [1.82, 2.24) is 24.9 Å². The van der Waals surface area contributed by atoms with Gasteiger partial charge in [-0.15, -0.1) is 10.2 Å². The van der Waals surface area contributed by atoms with E-state index in [1.807, 2.05) is 32.3 Å². The fraction of sp³-hybridized carbons (Fsp3) is 0.556. The summed E-state index contributed by atoms with van der Waals surface area (Å²) in [5.74, 6) is 0.540. The smallest absolute Gasteiger partial charge is 0.407 e. The number of nitrogens with zero attached hydrogens (tertiary/aromatic N) is 5. The van der Waals surface area contributed by atoms with Crippen LogP contribution in [0, 0.1) is 12.3 Å². The highest BCUT2D eigenvalue weighted by atomic mass is 16.5. The Morgan fingerprint density at radius 3 is 2.54 bits per heavy atom. The zero-order valence-corrected chi connectivity index (χ0v) is 15.1. The first kappa shape index (κ1) is 16.8. The van der Waals surface area contributed by atoms with Gasteiger partial charge in [0.25, 0.3) is 0 Å². The molecule has 26 heavy (non-hydrogen) atoms. The molecule has 2 aromatic heterocycles. The van der Waals surface area contributed by atoms with Gasteiger partial charge in [-0.05, 0) is 44.1 Å². The average Bonchev–Trinajstić information content (AvgIpc) is 2.93. The molecule has 1 saturated carbocycles. The lowest BCUT2D eigenvalue weighted by Gasteiger charge is -2.51. The molecule has 2 aliphatic rings. The van der Waals surface area contributed by atoms with Gasteiger partial charge in [0, 0.05) is 38.0 Å². The van der Waals surface area contributed by atoms with E-state index >= 15 is 0 Å². The molecule has 0 radical (unpaired) electrons. The van der Waals surface area contributed by atoms with Gasteiger partial charge < -0.3 is 14.7 Å². The summed E-state index contributed by atoms with van der Waals surface area (Å²) in [5.41, 5.74) is 2.93. The molecule has 2 aromatic rings. The van der Waals surface area contributed by atoms with E-state index in [1.54, 1.807) is 4.68 Å². The predicted molar refractivity (Wildman–Crippen MR) is 93.9 cm³/mol. The molecule has 1 spiro atoms. The number of aromatic nitrogens is 4. The number of piperidine rings is 1. The van der Waals surface area contributed by atoms with E-state index in [0.717, 1.165) is 42.6 Å². The molecule has 0 aromatic carbocycles. The second-order valence-corrected chi connectivity index (χ2v) is 7.48. The minimum Gasteiger partial charge on any atom is -0.473 e. The number of carboxylic acid groups (broad SMARTS) is 1. The Bertz CT molecular complexity index is 801. The van der Waals surface area contributed by atoms with E-state index in [2.05, 4.69) is 15.3 Å². The third-order valence-electron chi connectivity index (χ3n) is 5.63. The third kappa shape index (κ3) is 3.11. The van der Waals surface area contributed by atoms with Crippen LogP contribution in [0.25, 0.3) is 11.3 Å². The molecule has 1 aliphatic heterocycles. The fourth-order valence-corrected chi connectivity index (χ4v) is 4.12. The van der Waals surface area contributed by atoms with E-state index in [1.165, 1.54) is 4.90 Å². The Kier molecular flexibility index (Phi) is 4.05. The summed E-state index contributed by atoms with van der Waals surface area (Å²) in [6, 6.07) is 3.76. The molecule has 8 heteroatoms. The van der Waals surface area contributed by atoms with Gasteiger partial charge in [-0.25, -0.2) is 4.79 Å². The Morgan fingerprint density at radius 1 is 1.27 bits per heavy atom. The van der Waals surface area contributed by atoms with Gasteiger partial charge in [0.15, 0.2) is 0 Å². The lowest BCUT2D eigenvalue weighted by molar-refractivity contribution is -0.0534. The van der Waals surface area contributed by atoms with E-state index in [4.69, 9.17) is 9.84 Å². The number of hydrogen-bond donors (Lipinski definition) is 1. The maximum Gasteiger partial charge on any atom is 0.407 e. The predicted octanol–water partition coefficient (Wildman–Crippen LogP) is 2.49. The summed E-state index contributed by atoms with van der Waals surface area (Å²) < 4.78 is 7.72. The van der Waals surface area contributed by atoms with Crippen molar-refractivity contribution in [2.75, 3.05) is 13.1 Å². The number of amides is 1. The molecule has 1 amide bonds. The lowest BCUT2D eigenvalue weighted by Crippen LogP contribution is -2.51. The molecule has 3 heterocycles. The fourth-order valence-electron chi connectivity index (χ4n) is 4.12. The summed E-state index contributed by atoms with van der Waals surface area (Å²) >= 11 is 0. The molecule has 1 aliphatic carbocycles. The molecule has 8 nitrogen and oxygen atoms in total. The summed E-state index contributed by atoms with van der Waals surface area (Å²) in [5, 5.41) is 21.8. The van der Waals surface area contributed by atoms with Crippen LogP contribution in [0.5, 0.6) is 5.88 Å². The van der Waals surface area contributed by atoms with Gasteiger partial charge >= 0.3 is 6.09 Å². The molecular formula is C18H23N5O3. The molecule has 138 valence electrons. The van der Waals surface area contributed by atoms with Crippen LogP contribution < -0.4 is 4.74 Å². The molecule has 1 N–H and O–H groups in total. The van der Waals surface area contributed by atoms with Crippen molar-refractivity contribution in [3.8, 4) is 17.1 Å². The van der Waals surface area contributed by atoms with E-state index in [9.17, 15) is 4.79 Å². The number of carbonyl (C=O) groups is 1. The third-order valence-corrected chi connectivity index (χ3v) is 5.63. The van der Waals surface area contributed by atoms with Gasteiger partial charge in [-0.3, -0.25) is 4.68 Å². The molecule has 0 unspecified atom stereocenters. The highest BCUT2D eigenvalue weighted by molar-refractivity contribution is 5.65. The maximum absolute atomic E-state index is 11.0. The molecule has 4 rings (SSSR count). The Labute approximate surface area is 151 Å². The van der Waals surface area contributed by atoms with Crippen LogP contribution in [0.2, 0.25) is 0 Å². The lowest BCUT2D eigenvalue weighted by atomic mass is 9.61. The van der Waals surface area contributed by atoms with E-state index in [0.29, 0.717) is 19.0 Å². The maximum atomic E-state index is 11.0. The number of likely N-dealkylation sites (tertiary alicyclic amines) is 1. The Balaban J connectivity index is 1.32. The first-order chi connectivity index (χ1) is 12.4. The van der Waals surface area contributed by atoms with Crippen molar-refractivity contribution < 1.29 is 14.6 Å². The van der Waals surface area contributed by atoms with Crippen LogP contribution in [0.3, 0.4) is 0 Å². The second-order valence-electron chi connectivity index (χ2n) is 7.48.